The zero-order chi connectivity index (χ0) is 9.26. The molecule has 2 rings (SSSR count). The molecule has 0 unspecified atom stereocenters. The first-order valence-corrected chi connectivity index (χ1v) is 4.78. The van der Waals surface area contributed by atoms with Crippen molar-refractivity contribution in [1.29, 1.82) is 0 Å². The van der Waals surface area contributed by atoms with Crippen LogP contribution in [0.25, 0.3) is 0 Å². The predicted molar refractivity (Wildman–Crippen MR) is 50.2 cm³/mol. The van der Waals surface area contributed by atoms with Crippen LogP contribution in [-0.4, -0.2) is 17.1 Å². The lowest BCUT2D eigenvalue weighted by Crippen LogP contribution is -2.09. The van der Waals surface area contributed by atoms with E-state index < -0.39 is 0 Å². The van der Waals surface area contributed by atoms with Crippen molar-refractivity contribution in [3.8, 4) is 5.88 Å². The number of fused-ring (bicyclic) bond motifs is 1. The number of halogens is 1. The van der Waals surface area contributed by atoms with Gasteiger partial charge in [0, 0.05) is 5.56 Å². The van der Waals surface area contributed by atoms with E-state index in [1.165, 1.54) is 12.8 Å². The monoisotopic (exact) mass is 198 g/mol. The molecule has 0 radical (unpaired) electrons. The number of aromatic nitrogens is 2. The highest BCUT2D eigenvalue weighted by Gasteiger charge is 2.17. The van der Waals surface area contributed by atoms with Gasteiger partial charge in [0.1, 0.15) is 0 Å². The summed E-state index contributed by atoms with van der Waals surface area (Å²) in [6.07, 6.45) is 4.38. The maximum Gasteiger partial charge on any atom is 0.225 e. The molecule has 0 atom stereocenters. The molecule has 1 heterocycles. The minimum absolute atomic E-state index is 0.289. The average molecular weight is 199 g/mol. The maximum absolute atomic E-state index is 5.76. The summed E-state index contributed by atoms with van der Waals surface area (Å²) < 4.78 is 5.16. The van der Waals surface area contributed by atoms with Crippen molar-refractivity contribution in [1.82, 2.24) is 9.97 Å². The number of methoxy groups -OCH3 is 1. The summed E-state index contributed by atoms with van der Waals surface area (Å²) in [6.45, 7) is 0. The predicted octanol–water partition coefficient (Wildman–Crippen LogP) is 2.02. The number of hydrogen-bond acceptors (Lipinski definition) is 3. The van der Waals surface area contributed by atoms with Crippen LogP contribution in [0.2, 0.25) is 5.28 Å². The van der Waals surface area contributed by atoms with Crippen molar-refractivity contribution in [2.24, 2.45) is 0 Å². The Morgan fingerprint density at radius 3 is 2.77 bits per heavy atom. The van der Waals surface area contributed by atoms with Crippen molar-refractivity contribution in [3.63, 3.8) is 0 Å². The first-order valence-electron chi connectivity index (χ1n) is 4.40. The molecule has 1 aliphatic rings. The van der Waals surface area contributed by atoms with Crippen LogP contribution in [0.1, 0.15) is 24.1 Å². The van der Waals surface area contributed by atoms with Gasteiger partial charge in [0.25, 0.3) is 0 Å². The molecule has 0 amide bonds. The average Bonchev–Trinajstić information content (AvgIpc) is 2.16. The molecule has 0 saturated carbocycles. The standard InChI is InChI=1S/C9H11ClN2O/c1-13-8-6-4-2-3-5-7(6)11-9(10)12-8/h2-5H2,1H3. The van der Waals surface area contributed by atoms with E-state index in [-0.39, 0.29) is 5.28 Å². The summed E-state index contributed by atoms with van der Waals surface area (Å²) >= 11 is 5.76. The third-order valence-electron chi connectivity index (χ3n) is 2.31. The Bertz CT molecular complexity index is 310. The van der Waals surface area contributed by atoms with Gasteiger partial charge in [-0.1, -0.05) is 0 Å². The Hall–Kier alpha value is -0.830. The van der Waals surface area contributed by atoms with E-state index in [1.54, 1.807) is 7.11 Å². The van der Waals surface area contributed by atoms with Gasteiger partial charge in [-0.05, 0) is 37.3 Å². The highest BCUT2D eigenvalue weighted by molar-refractivity contribution is 6.28. The van der Waals surface area contributed by atoms with E-state index in [2.05, 4.69) is 9.97 Å². The topological polar surface area (TPSA) is 35.0 Å². The third kappa shape index (κ3) is 1.61. The van der Waals surface area contributed by atoms with Crippen LogP contribution in [0.15, 0.2) is 0 Å². The molecule has 0 spiro atoms. The summed E-state index contributed by atoms with van der Waals surface area (Å²) in [5.74, 6) is 0.648. The number of ether oxygens (including phenoxy) is 1. The van der Waals surface area contributed by atoms with Crippen LogP contribution in [0.4, 0.5) is 0 Å². The van der Waals surface area contributed by atoms with E-state index in [0.717, 1.165) is 24.1 Å². The van der Waals surface area contributed by atoms with Crippen LogP contribution in [-0.2, 0) is 12.8 Å². The van der Waals surface area contributed by atoms with Gasteiger partial charge < -0.3 is 4.74 Å². The number of aryl methyl sites for hydroxylation is 1. The van der Waals surface area contributed by atoms with E-state index in [9.17, 15) is 0 Å². The van der Waals surface area contributed by atoms with Crippen molar-refractivity contribution in [2.45, 2.75) is 25.7 Å². The molecule has 0 N–H and O–H groups in total. The van der Waals surface area contributed by atoms with Crippen molar-refractivity contribution in [2.75, 3.05) is 7.11 Å². The van der Waals surface area contributed by atoms with Crippen LogP contribution in [0.5, 0.6) is 5.88 Å². The Kier molecular flexibility index (Phi) is 2.36. The molecule has 0 saturated heterocycles. The molecule has 0 bridgehead atoms. The summed E-state index contributed by atoms with van der Waals surface area (Å²) in [5, 5.41) is 0.289. The van der Waals surface area contributed by atoms with Crippen molar-refractivity contribution >= 4 is 11.6 Å². The van der Waals surface area contributed by atoms with Gasteiger partial charge in [-0.3, -0.25) is 0 Å². The normalized spacial score (nSPS) is 15.2. The van der Waals surface area contributed by atoms with Crippen molar-refractivity contribution in [3.05, 3.63) is 16.5 Å². The van der Waals surface area contributed by atoms with Gasteiger partial charge in [-0.25, -0.2) is 4.98 Å². The number of hydrogen-bond donors (Lipinski definition) is 0. The SMILES string of the molecule is COc1nc(Cl)nc2c1CCCC2. The summed E-state index contributed by atoms with van der Waals surface area (Å²) in [7, 11) is 1.62. The van der Waals surface area contributed by atoms with Gasteiger partial charge in [0.15, 0.2) is 0 Å². The highest BCUT2D eigenvalue weighted by Crippen LogP contribution is 2.27. The van der Waals surface area contributed by atoms with Crippen LogP contribution < -0.4 is 4.74 Å². The first-order chi connectivity index (χ1) is 6.31. The molecule has 4 heteroatoms. The lowest BCUT2D eigenvalue weighted by Gasteiger charge is -2.16. The molecule has 0 aromatic carbocycles. The molecule has 1 aromatic rings. The zero-order valence-electron chi connectivity index (χ0n) is 7.51. The molecule has 1 aliphatic carbocycles. The zero-order valence-corrected chi connectivity index (χ0v) is 8.26. The lowest BCUT2D eigenvalue weighted by molar-refractivity contribution is 0.387. The third-order valence-corrected chi connectivity index (χ3v) is 2.48. The summed E-state index contributed by atoms with van der Waals surface area (Å²) in [5.41, 5.74) is 2.20. The summed E-state index contributed by atoms with van der Waals surface area (Å²) in [4.78, 5) is 8.23. The van der Waals surface area contributed by atoms with E-state index in [0.29, 0.717) is 5.88 Å². The van der Waals surface area contributed by atoms with E-state index >= 15 is 0 Å². The molecular formula is C9H11ClN2O. The molecular weight excluding hydrogens is 188 g/mol. The first kappa shape index (κ1) is 8.75. The molecule has 70 valence electrons. The van der Waals surface area contributed by atoms with Crippen LogP contribution >= 0.6 is 11.6 Å². The molecule has 1 aromatic heterocycles. The fraction of sp³-hybridized carbons (Fsp3) is 0.556. The van der Waals surface area contributed by atoms with Crippen LogP contribution in [0.3, 0.4) is 0 Å². The minimum Gasteiger partial charge on any atom is -0.481 e. The Labute approximate surface area is 82.1 Å². The molecule has 0 aliphatic heterocycles. The van der Waals surface area contributed by atoms with Gasteiger partial charge in [-0.15, -0.1) is 0 Å². The Morgan fingerprint density at radius 1 is 1.23 bits per heavy atom. The highest BCUT2D eigenvalue weighted by atomic mass is 35.5. The fourth-order valence-electron chi connectivity index (χ4n) is 1.70. The Balaban J connectivity index is 2.50. The van der Waals surface area contributed by atoms with E-state index in [4.69, 9.17) is 16.3 Å². The summed E-state index contributed by atoms with van der Waals surface area (Å²) in [6, 6.07) is 0. The second-order valence-corrected chi connectivity index (χ2v) is 3.47. The van der Waals surface area contributed by atoms with Gasteiger partial charge in [0.2, 0.25) is 11.2 Å². The van der Waals surface area contributed by atoms with Gasteiger partial charge >= 0.3 is 0 Å². The molecule has 13 heavy (non-hydrogen) atoms. The smallest absolute Gasteiger partial charge is 0.225 e. The number of nitrogens with zero attached hydrogens (tertiary/aromatic N) is 2. The minimum atomic E-state index is 0.289. The number of rotatable bonds is 1. The van der Waals surface area contributed by atoms with Crippen LogP contribution in [0, 0.1) is 0 Å². The van der Waals surface area contributed by atoms with E-state index in [1.807, 2.05) is 0 Å². The largest absolute Gasteiger partial charge is 0.481 e. The van der Waals surface area contributed by atoms with Gasteiger partial charge in [-0.2, -0.15) is 4.98 Å². The second-order valence-electron chi connectivity index (χ2n) is 3.13. The Morgan fingerprint density at radius 2 is 2.00 bits per heavy atom. The fourth-order valence-corrected chi connectivity index (χ4v) is 1.88. The van der Waals surface area contributed by atoms with Crippen molar-refractivity contribution < 1.29 is 4.74 Å². The lowest BCUT2D eigenvalue weighted by atomic mass is 9.97. The quantitative estimate of drug-likeness (QED) is 0.648. The second kappa shape index (κ2) is 3.50. The van der Waals surface area contributed by atoms with Gasteiger partial charge in [0.05, 0.1) is 12.8 Å². The molecule has 0 fully saturated rings. The molecule has 3 nitrogen and oxygen atoms in total. The maximum atomic E-state index is 5.76.